The van der Waals surface area contributed by atoms with Gasteiger partial charge in [0.1, 0.15) is 5.75 Å². The molecule has 33 heavy (non-hydrogen) atoms. The fourth-order valence-electron chi connectivity index (χ4n) is 4.35. The minimum atomic E-state index is 0.0217. The van der Waals surface area contributed by atoms with E-state index in [9.17, 15) is 4.79 Å². The third-order valence-electron chi connectivity index (χ3n) is 6.38. The van der Waals surface area contributed by atoms with Crippen molar-refractivity contribution in [2.24, 2.45) is 5.92 Å². The van der Waals surface area contributed by atoms with Gasteiger partial charge in [-0.2, -0.15) is 4.98 Å². The highest BCUT2D eigenvalue weighted by atomic mass is 16.5. The molecule has 0 bridgehead atoms. The minimum Gasteiger partial charge on any atom is -0.497 e. The highest BCUT2D eigenvalue weighted by Gasteiger charge is 2.27. The van der Waals surface area contributed by atoms with Crippen LogP contribution in [-0.4, -0.2) is 41.1 Å². The first-order valence-corrected chi connectivity index (χ1v) is 11.7. The van der Waals surface area contributed by atoms with E-state index < -0.39 is 0 Å². The van der Waals surface area contributed by atoms with E-state index in [2.05, 4.69) is 52.4 Å². The van der Waals surface area contributed by atoms with Crippen molar-refractivity contribution in [2.75, 3.05) is 25.5 Å². The van der Waals surface area contributed by atoms with Gasteiger partial charge < -0.3 is 14.6 Å². The topological polar surface area (TPSA) is 80.5 Å². The van der Waals surface area contributed by atoms with E-state index in [0.29, 0.717) is 18.3 Å². The van der Waals surface area contributed by atoms with E-state index in [4.69, 9.17) is 9.26 Å². The van der Waals surface area contributed by atoms with Crippen LogP contribution in [0.15, 0.2) is 47.0 Å². The van der Waals surface area contributed by atoms with Crippen LogP contribution >= 0.6 is 0 Å². The maximum atomic E-state index is 13.0. The Labute approximate surface area is 195 Å². The number of nitrogens with zero attached hydrogens (tertiary/aromatic N) is 3. The molecule has 0 radical (unpaired) electrons. The van der Waals surface area contributed by atoms with Crippen molar-refractivity contribution in [3.63, 3.8) is 0 Å². The van der Waals surface area contributed by atoms with Crippen LogP contribution in [0.5, 0.6) is 5.75 Å². The lowest BCUT2D eigenvalue weighted by molar-refractivity contribution is -0.121. The molecule has 1 aliphatic heterocycles. The first-order chi connectivity index (χ1) is 16.1. The van der Waals surface area contributed by atoms with Crippen LogP contribution in [0.25, 0.3) is 11.4 Å². The number of methoxy groups -OCH3 is 1. The normalized spacial score (nSPS) is 14.9. The van der Waals surface area contributed by atoms with Gasteiger partial charge in [-0.25, -0.2) is 0 Å². The molecule has 7 heteroatoms. The number of anilines is 1. The van der Waals surface area contributed by atoms with Crippen LogP contribution in [0.3, 0.4) is 0 Å². The van der Waals surface area contributed by atoms with Crippen LogP contribution in [-0.2, 0) is 24.2 Å². The predicted octanol–water partition coefficient (Wildman–Crippen LogP) is 4.72. The molecule has 0 atom stereocenters. The molecule has 0 spiro atoms. The van der Waals surface area contributed by atoms with Gasteiger partial charge in [0.25, 0.3) is 0 Å². The lowest BCUT2D eigenvalue weighted by atomic mass is 9.95. The molecule has 4 rings (SSSR count). The Kier molecular flexibility index (Phi) is 7.40. The number of carbonyl (C=O) groups is 1. The summed E-state index contributed by atoms with van der Waals surface area (Å²) in [7, 11) is 1.64. The summed E-state index contributed by atoms with van der Waals surface area (Å²) in [5.41, 5.74) is 4.29. The largest absolute Gasteiger partial charge is 0.497 e. The maximum absolute atomic E-state index is 13.0. The molecule has 7 nitrogen and oxygen atoms in total. The molecule has 3 aromatic rings. The molecular formula is C26H32N4O3. The lowest BCUT2D eigenvalue weighted by Crippen LogP contribution is -2.38. The van der Waals surface area contributed by atoms with Gasteiger partial charge in [0.2, 0.25) is 17.6 Å². The first kappa shape index (κ1) is 23.0. The van der Waals surface area contributed by atoms with E-state index in [0.717, 1.165) is 55.8 Å². The Hall–Kier alpha value is -3.19. The van der Waals surface area contributed by atoms with E-state index in [1.807, 2.05) is 24.3 Å². The van der Waals surface area contributed by atoms with Gasteiger partial charge in [-0.1, -0.05) is 37.2 Å². The van der Waals surface area contributed by atoms with Crippen LogP contribution in [0, 0.1) is 5.92 Å². The van der Waals surface area contributed by atoms with E-state index >= 15 is 0 Å². The highest BCUT2D eigenvalue weighted by Crippen LogP contribution is 2.26. The SMILES string of the molecule is CCc1cccc(CC)c1NC(=O)C1CCN(Cc2nc(-c3ccc(OC)cc3)no2)CC1. The van der Waals surface area contributed by atoms with Crippen molar-refractivity contribution >= 4 is 11.6 Å². The van der Waals surface area contributed by atoms with Crippen molar-refractivity contribution in [2.45, 2.75) is 46.1 Å². The van der Waals surface area contributed by atoms with Gasteiger partial charge in [0, 0.05) is 17.2 Å². The number of nitrogens with one attached hydrogen (secondary N) is 1. The third-order valence-corrected chi connectivity index (χ3v) is 6.38. The number of hydrogen-bond acceptors (Lipinski definition) is 6. The monoisotopic (exact) mass is 448 g/mol. The molecule has 1 N–H and O–H groups in total. The van der Waals surface area contributed by atoms with E-state index in [1.165, 1.54) is 11.1 Å². The number of amides is 1. The molecule has 1 aromatic heterocycles. The first-order valence-electron chi connectivity index (χ1n) is 11.7. The number of aryl methyl sites for hydroxylation is 2. The van der Waals surface area contributed by atoms with Crippen LogP contribution in [0.4, 0.5) is 5.69 Å². The quantitative estimate of drug-likeness (QED) is 0.537. The number of carbonyl (C=O) groups excluding carboxylic acids is 1. The Balaban J connectivity index is 1.31. The Morgan fingerprint density at radius 2 is 1.76 bits per heavy atom. The van der Waals surface area contributed by atoms with E-state index in [-0.39, 0.29) is 11.8 Å². The standard InChI is InChI=1S/C26H32N4O3/c1-4-18-7-6-8-19(5-2)24(18)28-26(31)21-13-15-30(16-14-21)17-23-27-25(29-33-23)20-9-11-22(32-3)12-10-20/h6-12,21H,4-5,13-17H2,1-3H3,(H,28,31). The van der Waals surface area contributed by atoms with Crippen molar-refractivity contribution in [3.8, 4) is 17.1 Å². The number of piperidine rings is 1. The van der Waals surface area contributed by atoms with Crippen molar-refractivity contribution < 1.29 is 14.1 Å². The molecule has 1 amide bonds. The summed E-state index contributed by atoms with van der Waals surface area (Å²) in [5, 5.41) is 7.35. The number of para-hydroxylation sites is 1. The van der Waals surface area contributed by atoms with Crippen molar-refractivity contribution in [1.82, 2.24) is 15.0 Å². The number of aromatic nitrogens is 2. The summed E-state index contributed by atoms with van der Waals surface area (Å²) in [4.78, 5) is 19.8. The average molecular weight is 449 g/mol. The van der Waals surface area contributed by atoms with Crippen LogP contribution < -0.4 is 10.1 Å². The number of hydrogen-bond donors (Lipinski definition) is 1. The molecule has 1 fully saturated rings. The summed E-state index contributed by atoms with van der Waals surface area (Å²) in [6.45, 7) is 6.50. The van der Waals surface area contributed by atoms with E-state index in [1.54, 1.807) is 7.11 Å². The van der Waals surface area contributed by atoms with Gasteiger partial charge in [-0.15, -0.1) is 0 Å². The number of benzene rings is 2. The summed E-state index contributed by atoms with van der Waals surface area (Å²) < 4.78 is 10.7. The van der Waals surface area contributed by atoms with Crippen molar-refractivity contribution in [3.05, 3.63) is 59.5 Å². The average Bonchev–Trinajstić information content (AvgIpc) is 3.33. The molecule has 2 aromatic carbocycles. The van der Waals surface area contributed by atoms with Crippen molar-refractivity contribution in [1.29, 1.82) is 0 Å². The molecule has 1 saturated heterocycles. The molecule has 1 aliphatic rings. The smallest absolute Gasteiger partial charge is 0.241 e. The fourth-order valence-corrected chi connectivity index (χ4v) is 4.35. The zero-order chi connectivity index (χ0) is 23.2. The highest BCUT2D eigenvalue weighted by molar-refractivity contribution is 5.94. The predicted molar refractivity (Wildman–Crippen MR) is 128 cm³/mol. The zero-order valence-electron chi connectivity index (χ0n) is 19.6. The minimum absolute atomic E-state index is 0.0217. The molecular weight excluding hydrogens is 416 g/mol. The maximum Gasteiger partial charge on any atom is 0.241 e. The number of likely N-dealkylation sites (tertiary alicyclic amines) is 1. The molecule has 174 valence electrons. The lowest BCUT2D eigenvalue weighted by Gasteiger charge is -2.30. The molecule has 0 unspecified atom stereocenters. The fraction of sp³-hybridized carbons (Fsp3) is 0.423. The Bertz CT molecular complexity index is 1050. The van der Waals surface area contributed by atoms with Gasteiger partial charge in [0.15, 0.2) is 0 Å². The second-order valence-electron chi connectivity index (χ2n) is 8.44. The van der Waals surface area contributed by atoms with Crippen LogP contribution in [0.2, 0.25) is 0 Å². The Morgan fingerprint density at radius 3 is 2.36 bits per heavy atom. The van der Waals surface area contributed by atoms with Gasteiger partial charge in [-0.3, -0.25) is 9.69 Å². The Morgan fingerprint density at radius 1 is 1.09 bits per heavy atom. The summed E-state index contributed by atoms with van der Waals surface area (Å²) in [6.07, 6.45) is 3.46. The summed E-state index contributed by atoms with van der Waals surface area (Å²) >= 11 is 0. The van der Waals surface area contributed by atoms with Gasteiger partial charge >= 0.3 is 0 Å². The van der Waals surface area contributed by atoms with Gasteiger partial charge in [-0.05, 0) is 74.2 Å². The number of rotatable bonds is 8. The summed E-state index contributed by atoms with van der Waals surface area (Å²) in [5.74, 6) is 2.10. The molecule has 2 heterocycles. The summed E-state index contributed by atoms with van der Waals surface area (Å²) in [6, 6.07) is 13.9. The molecule has 0 saturated carbocycles. The number of ether oxygens (including phenoxy) is 1. The second-order valence-corrected chi connectivity index (χ2v) is 8.44. The van der Waals surface area contributed by atoms with Gasteiger partial charge in [0.05, 0.1) is 13.7 Å². The zero-order valence-corrected chi connectivity index (χ0v) is 19.6. The molecule has 0 aliphatic carbocycles. The van der Waals surface area contributed by atoms with Crippen LogP contribution in [0.1, 0.15) is 43.7 Å². The second kappa shape index (κ2) is 10.6. The third kappa shape index (κ3) is 5.42.